The maximum Gasteiger partial charge on any atom is 0.191 e. The summed E-state index contributed by atoms with van der Waals surface area (Å²) in [5.74, 6) is 2.68. The van der Waals surface area contributed by atoms with Gasteiger partial charge in [0.25, 0.3) is 0 Å². The Balaban J connectivity index is 1.80. The summed E-state index contributed by atoms with van der Waals surface area (Å²) >= 11 is 0. The van der Waals surface area contributed by atoms with E-state index in [0.717, 1.165) is 37.0 Å². The average Bonchev–Trinajstić information content (AvgIpc) is 3.12. The molecule has 7 heteroatoms. The van der Waals surface area contributed by atoms with E-state index in [9.17, 15) is 0 Å². The molecule has 0 aliphatic heterocycles. The van der Waals surface area contributed by atoms with Crippen LogP contribution in [0.5, 0.6) is 5.75 Å². The second-order valence-electron chi connectivity index (χ2n) is 7.61. The Hall–Kier alpha value is -2.57. The molecule has 0 amide bonds. The molecule has 28 heavy (non-hydrogen) atoms. The lowest BCUT2D eigenvalue weighted by Crippen LogP contribution is -2.39. The Labute approximate surface area is 168 Å². The zero-order chi connectivity index (χ0) is 20.4. The average molecular weight is 387 g/mol. The van der Waals surface area contributed by atoms with Gasteiger partial charge in [-0.25, -0.2) is 0 Å². The minimum atomic E-state index is 0.116. The van der Waals surface area contributed by atoms with E-state index in [2.05, 4.69) is 72.6 Å². The fourth-order valence-corrected chi connectivity index (χ4v) is 2.74. The molecule has 2 N–H and O–H groups in total. The van der Waals surface area contributed by atoms with Crippen LogP contribution < -0.4 is 15.4 Å². The van der Waals surface area contributed by atoms with Crippen LogP contribution in [0, 0.1) is 0 Å². The molecule has 0 aliphatic carbocycles. The standard InChI is InChI=1S/C21H34N6O/c1-6-19-26-25-16-27(19)13-11-23-20(22-7-2)24-12-14-28-18-10-8-9-17(15-18)21(3,4)5/h8-10,15-16H,6-7,11-14H2,1-5H3,(H2,22,23,24). The van der Waals surface area contributed by atoms with E-state index in [-0.39, 0.29) is 5.41 Å². The zero-order valence-corrected chi connectivity index (χ0v) is 17.8. The predicted molar refractivity (Wildman–Crippen MR) is 114 cm³/mol. The van der Waals surface area contributed by atoms with Gasteiger partial charge >= 0.3 is 0 Å². The number of nitrogens with zero attached hydrogens (tertiary/aromatic N) is 4. The van der Waals surface area contributed by atoms with Crippen LogP contribution in [0.4, 0.5) is 0 Å². The predicted octanol–water partition coefficient (Wildman–Crippen LogP) is 2.77. The summed E-state index contributed by atoms with van der Waals surface area (Å²) in [7, 11) is 0. The van der Waals surface area contributed by atoms with Crippen molar-refractivity contribution in [2.75, 3.05) is 26.2 Å². The molecular formula is C21H34N6O. The fourth-order valence-electron chi connectivity index (χ4n) is 2.74. The van der Waals surface area contributed by atoms with Gasteiger partial charge in [-0.3, -0.25) is 4.99 Å². The van der Waals surface area contributed by atoms with Gasteiger partial charge < -0.3 is 19.9 Å². The summed E-state index contributed by atoms with van der Waals surface area (Å²) < 4.78 is 7.94. The largest absolute Gasteiger partial charge is 0.492 e. The van der Waals surface area contributed by atoms with Gasteiger partial charge in [-0.15, -0.1) is 10.2 Å². The molecule has 1 heterocycles. The van der Waals surface area contributed by atoms with E-state index in [1.807, 2.05) is 16.7 Å². The Morgan fingerprint density at radius 2 is 2.04 bits per heavy atom. The summed E-state index contributed by atoms with van der Waals surface area (Å²) in [6, 6.07) is 8.30. The molecule has 0 saturated carbocycles. The highest BCUT2D eigenvalue weighted by atomic mass is 16.5. The molecule has 0 unspecified atom stereocenters. The molecule has 2 rings (SSSR count). The van der Waals surface area contributed by atoms with Crippen molar-refractivity contribution in [1.29, 1.82) is 0 Å². The summed E-state index contributed by atoms with van der Waals surface area (Å²) in [6.07, 6.45) is 2.63. The topological polar surface area (TPSA) is 76.4 Å². The molecule has 0 spiro atoms. The minimum absolute atomic E-state index is 0.116. The van der Waals surface area contributed by atoms with Crippen LogP contribution in [-0.2, 0) is 18.4 Å². The fraction of sp³-hybridized carbons (Fsp3) is 0.571. The van der Waals surface area contributed by atoms with Crippen LogP contribution in [0.15, 0.2) is 35.6 Å². The second kappa shape index (κ2) is 10.7. The number of hydrogen-bond acceptors (Lipinski definition) is 4. The molecule has 0 bridgehead atoms. The van der Waals surface area contributed by atoms with Crippen LogP contribution in [0.3, 0.4) is 0 Å². The van der Waals surface area contributed by atoms with Crippen molar-refractivity contribution >= 4 is 5.96 Å². The van der Waals surface area contributed by atoms with Crippen LogP contribution in [0.2, 0.25) is 0 Å². The highest BCUT2D eigenvalue weighted by Gasteiger charge is 2.13. The van der Waals surface area contributed by atoms with Gasteiger partial charge in [0.15, 0.2) is 5.96 Å². The molecular weight excluding hydrogens is 352 g/mol. The van der Waals surface area contributed by atoms with E-state index in [1.54, 1.807) is 6.33 Å². The minimum Gasteiger partial charge on any atom is -0.492 e. The van der Waals surface area contributed by atoms with Crippen molar-refractivity contribution < 1.29 is 4.74 Å². The van der Waals surface area contributed by atoms with Gasteiger partial charge in [0.05, 0.1) is 13.1 Å². The maximum atomic E-state index is 5.90. The summed E-state index contributed by atoms with van der Waals surface area (Å²) in [5, 5.41) is 14.6. The Bertz CT molecular complexity index is 747. The van der Waals surface area contributed by atoms with Crippen LogP contribution in [0.1, 0.15) is 46.0 Å². The molecule has 1 aromatic carbocycles. The molecule has 0 atom stereocenters. The zero-order valence-electron chi connectivity index (χ0n) is 17.8. The third kappa shape index (κ3) is 6.87. The number of aliphatic imine (C=N–C) groups is 1. The maximum absolute atomic E-state index is 5.90. The van der Waals surface area contributed by atoms with Crippen molar-refractivity contribution in [3.8, 4) is 5.75 Å². The third-order valence-corrected chi connectivity index (χ3v) is 4.33. The molecule has 0 radical (unpaired) electrons. The molecule has 154 valence electrons. The first-order valence-electron chi connectivity index (χ1n) is 10.1. The quantitative estimate of drug-likeness (QED) is 0.394. The summed E-state index contributed by atoms with van der Waals surface area (Å²) in [5.41, 5.74) is 1.39. The first kappa shape index (κ1) is 21.7. The van der Waals surface area contributed by atoms with Crippen molar-refractivity contribution in [3.05, 3.63) is 42.0 Å². The van der Waals surface area contributed by atoms with Crippen LogP contribution in [0.25, 0.3) is 0 Å². The number of nitrogens with one attached hydrogen (secondary N) is 2. The van der Waals surface area contributed by atoms with Crippen molar-refractivity contribution in [1.82, 2.24) is 25.4 Å². The van der Waals surface area contributed by atoms with E-state index < -0.39 is 0 Å². The monoisotopic (exact) mass is 386 g/mol. The lowest BCUT2D eigenvalue weighted by molar-refractivity contribution is 0.321. The number of rotatable bonds is 9. The first-order valence-corrected chi connectivity index (χ1v) is 10.1. The molecule has 7 nitrogen and oxygen atoms in total. The lowest BCUT2D eigenvalue weighted by atomic mass is 9.87. The summed E-state index contributed by atoms with van der Waals surface area (Å²) in [4.78, 5) is 4.62. The van der Waals surface area contributed by atoms with Crippen LogP contribution in [-0.4, -0.2) is 47.0 Å². The SMILES string of the molecule is CCNC(=NCCn1cnnc1CC)NCCOc1cccc(C(C)(C)C)c1. The molecule has 0 fully saturated rings. The number of benzene rings is 1. The number of guanidine groups is 1. The Morgan fingerprint density at radius 3 is 2.75 bits per heavy atom. The van der Waals surface area contributed by atoms with Gasteiger partial charge in [0.2, 0.25) is 0 Å². The third-order valence-electron chi connectivity index (χ3n) is 4.33. The van der Waals surface area contributed by atoms with Gasteiger partial charge in [0, 0.05) is 19.5 Å². The van der Waals surface area contributed by atoms with E-state index >= 15 is 0 Å². The van der Waals surface area contributed by atoms with E-state index in [0.29, 0.717) is 19.7 Å². The molecule has 1 aromatic heterocycles. The Morgan fingerprint density at radius 1 is 1.21 bits per heavy atom. The summed E-state index contributed by atoms with van der Waals surface area (Å²) in [6.45, 7) is 14.2. The van der Waals surface area contributed by atoms with Crippen molar-refractivity contribution in [2.24, 2.45) is 4.99 Å². The van der Waals surface area contributed by atoms with Gasteiger partial charge in [-0.05, 0) is 30.0 Å². The van der Waals surface area contributed by atoms with Crippen molar-refractivity contribution in [3.63, 3.8) is 0 Å². The highest BCUT2D eigenvalue weighted by molar-refractivity contribution is 5.79. The smallest absolute Gasteiger partial charge is 0.191 e. The molecule has 0 aliphatic rings. The number of ether oxygens (including phenoxy) is 1. The molecule has 2 aromatic rings. The van der Waals surface area contributed by atoms with E-state index in [1.165, 1.54) is 5.56 Å². The Kier molecular flexibility index (Phi) is 8.29. The number of aromatic nitrogens is 3. The number of aryl methyl sites for hydroxylation is 1. The normalized spacial score (nSPS) is 12.1. The number of hydrogen-bond donors (Lipinski definition) is 2. The van der Waals surface area contributed by atoms with Gasteiger partial charge in [-0.1, -0.05) is 39.8 Å². The van der Waals surface area contributed by atoms with E-state index in [4.69, 9.17) is 4.74 Å². The van der Waals surface area contributed by atoms with Gasteiger partial charge in [-0.2, -0.15) is 0 Å². The first-order chi connectivity index (χ1) is 13.4. The highest BCUT2D eigenvalue weighted by Crippen LogP contribution is 2.25. The van der Waals surface area contributed by atoms with Crippen molar-refractivity contribution in [2.45, 2.75) is 53.0 Å². The second-order valence-corrected chi connectivity index (χ2v) is 7.61. The molecule has 0 saturated heterocycles. The lowest BCUT2D eigenvalue weighted by Gasteiger charge is -2.20. The van der Waals surface area contributed by atoms with Crippen LogP contribution >= 0.6 is 0 Å². The van der Waals surface area contributed by atoms with Gasteiger partial charge in [0.1, 0.15) is 24.5 Å².